The topological polar surface area (TPSA) is 45.4 Å². The maximum Gasteiger partial charge on any atom is 0.226 e. The van der Waals surface area contributed by atoms with Gasteiger partial charge < -0.3 is 9.42 Å². The summed E-state index contributed by atoms with van der Waals surface area (Å²) in [4.78, 5) is 10.9. The molecule has 1 aliphatic heterocycles. The molecule has 23 heavy (non-hydrogen) atoms. The van der Waals surface area contributed by atoms with Crippen LogP contribution in [0.4, 0.5) is 0 Å². The van der Waals surface area contributed by atoms with E-state index in [1.807, 2.05) is 18.3 Å². The molecule has 0 radical (unpaired) electrons. The predicted octanol–water partition coefficient (Wildman–Crippen LogP) is 2.83. The van der Waals surface area contributed by atoms with Crippen LogP contribution >= 0.6 is 11.3 Å². The first kappa shape index (κ1) is 16.6. The van der Waals surface area contributed by atoms with Crippen LogP contribution in [-0.2, 0) is 19.4 Å². The molecule has 5 nitrogen and oxygen atoms in total. The first-order valence-corrected chi connectivity index (χ1v) is 9.39. The van der Waals surface area contributed by atoms with Crippen molar-refractivity contribution in [2.75, 3.05) is 26.7 Å². The molecule has 126 valence electrons. The molecule has 2 aromatic rings. The Morgan fingerprint density at radius 2 is 2.39 bits per heavy atom. The smallest absolute Gasteiger partial charge is 0.226 e. The molecule has 1 saturated heterocycles. The third kappa shape index (κ3) is 4.62. The van der Waals surface area contributed by atoms with Crippen molar-refractivity contribution in [3.63, 3.8) is 0 Å². The number of aryl methyl sites for hydroxylation is 1. The van der Waals surface area contributed by atoms with Gasteiger partial charge in [0.2, 0.25) is 5.89 Å². The molecule has 2 aromatic heterocycles. The first-order valence-electron chi connectivity index (χ1n) is 8.51. The summed E-state index contributed by atoms with van der Waals surface area (Å²) < 4.78 is 5.21. The van der Waals surface area contributed by atoms with Gasteiger partial charge in [-0.1, -0.05) is 18.1 Å². The highest BCUT2D eigenvalue weighted by atomic mass is 32.1. The minimum Gasteiger partial charge on any atom is -0.339 e. The lowest BCUT2D eigenvalue weighted by Gasteiger charge is -2.37. The van der Waals surface area contributed by atoms with Gasteiger partial charge in [-0.25, -0.2) is 0 Å². The van der Waals surface area contributed by atoms with Crippen molar-refractivity contribution < 1.29 is 4.52 Å². The monoisotopic (exact) mass is 334 g/mol. The van der Waals surface area contributed by atoms with Crippen molar-refractivity contribution in [1.82, 2.24) is 19.9 Å². The average molecular weight is 334 g/mol. The summed E-state index contributed by atoms with van der Waals surface area (Å²) in [7, 11) is 2.26. The van der Waals surface area contributed by atoms with Gasteiger partial charge in [-0.2, -0.15) is 4.98 Å². The summed E-state index contributed by atoms with van der Waals surface area (Å²) in [6.07, 6.45) is 4.48. The van der Waals surface area contributed by atoms with Crippen molar-refractivity contribution in [2.24, 2.45) is 0 Å². The Morgan fingerprint density at radius 3 is 3.13 bits per heavy atom. The molecular formula is C17H26N4OS. The van der Waals surface area contributed by atoms with Gasteiger partial charge in [-0.05, 0) is 44.3 Å². The molecule has 0 saturated carbocycles. The standard InChI is InChI=1S/C17H26N4OS/c1-3-17-18-16(19-22-17)13-21-9-4-6-14(12-21)20(2)10-8-15-7-5-11-23-15/h5,7,11,14H,3-4,6,8-10,12-13H2,1-2H3/t14-/m1/s1. The van der Waals surface area contributed by atoms with Crippen molar-refractivity contribution in [3.05, 3.63) is 34.1 Å². The molecule has 3 rings (SSSR count). The number of likely N-dealkylation sites (N-methyl/N-ethyl adjacent to an activating group) is 1. The molecule has 0 N–H and O–H groups in total. The molecule has 0 amide bonds. The minimum atomic E-state index is 0.626. The predicted molar refractivity (Wildman–Crippen MR) is 92.6 cm³/mol. The molecular weight excluding hydrogens is 308 g/mol. The summed E-state index contributed by atoms with van der Waals surface area (Å²) in [6.45, 7) is 6.19. The summed E-state index contributed by atoms with van der Waals surface area (Å²) in [5.41, 5.74) is 0. The van der Waals surface area contributed by atoms with Crippen LogP contribution in [0.15, 0.2) is 22.0 Å². The average Bonchev–Trinajstić information content (AvgIpc) is 3.24. The van der Waals surface area contributed by atoms with Crippen LogP contribution in [0.1, 0.15) is 36.4 Å². The molecule has 3 heterocycles. The zero-order chi connectivity index (χ0) is 16.1. The number of thiophene rings is 1. The molecule has 0 aromatic carbocycles. The highest BCUT2D eigenvalue weighted by Gasteiger charge is 2.24. The normalized spacial score (nSPS) is 19.5. The summed E-state index contributed by atoms with van der Waals surface area (Å²) in [5, 5.41) is 6.24. The van der Waals surface area contributed by atoms with Gasteiger partial charge in [-0.3, -0.25) is 4.90 Å². The SMILES string of the molecule is CCc1nc(CN2CCC[C@@H](N(C)CCc3cccs3)C2)no1. The van der Waals surface area contributed by atoms with E-state index >= 15 is 0 Å². The quantitative estimate of drug-likeness (QED) is 0.779. The zero-order valence-corrected chi connectivity index (χ0v) is 14.9. The first-order chi connectivity index (χ1) is 11.2. The lowest BCUT2D eigenvalue weighted by atomic mass is 10.0. The van der Waals surface area contributed by atoms with Crippen LogP contribution in [0.2, 0.25) is 0 Å². The van der Waals surface area contributed by atoms with Gasteiger partial charge in [-0.15, -0.1) is 11.3 Å². The molecule has 1 fully saturated rings. The lowest BCUT2D eigenvalue weighted by molar-refractivity contribution is 0.110. The Bertz CT molecular complexity index is 583. The Morgan fingerprint density at radius 1 is 1.48 bits per heavy atom. The van der Waals surface area contributed by atoms with E-state index in [1.54, 1.807) is 0 Å². The van der Waals surface area contributed by atoms with Crippen LogP contribution in [0.3, 0.4) is 0 Å². The highest BCUT2D eigenvalue weighted by Crippen LogP contribution is 2.18. The molecule has 6 heteroatoms. The van der Waals surface area contributed by atoms with Crippen LogP contribution in [0.5, 0.6) is 0 Å². The highest BCUT2D eigenvalue weighted by molar-refractivity contribution is 7.09. The van der Waals surface area contributed by atoms with E-state index in [0.717, 1.165) is 50.7 Å². The van der Waals surface area contributed by atoms with E-state index in [2.05, 4.69) is 44.5 Å². The van der Waals surface area contributed by atoms with E-state index in [0.29, 0.717) is 6.04 Å². The van der Waals surface area contributed by atoms with Crippen LogP contribution in [0, 0.1) is 0 Å². The molecule has 0 unspecified atom stereocenters. The van der Waals surface area contributed by atoms with Crippen molar-refractivity contribution >= 4 is 11.3 Å². The third-order valence-corrected chi connectivity index (χ3v) is 5.51. The maximum absolute atomic E-state index is 5.21. The number of aromatic nitrogens is 2. The van der Waals surface area contributed by atoms with E-state index in [1.165, 1.54) is 17.7 Å². The van der Waals surface area contributed by atoms with Crippen molar-refractivity contribution in [3.8, 4) is 0 Å². The summed E-state index contributed by atoms with van der Waals surface area (Å²) in [6, 6.07) is 4.99. The van der Waals surface area contributed by atoms with Gasteiger partial charge in [0, 0.05) is 30.4 Å². The van der Waals surface area contributed by atoms with Gasteiger partial charge in [0.25, 0.3) is 0 Å². The Hall–Kier alpha value is -1.24. The maximum atomic E-state index is 5.21. The number of likely N-dealkylation sites (tertiary alicyclic amines) is 1. The molecule has 0 aliphatic carbocycles. The van der Waals surface area contributed by atoms with Gasteiger partial charge in [0.1, 0.15) is 0 Å². The second-order valence-corrected chi connectivity index (χ2v) is 7.33. The molecule has 0 spiro atoms. The zero-order valence-electron chi connectivity index (χ0n) is 14.1. The second-order valence-electron chi connectivity index (χ2n) is 6.30. The van der Waals surface area contributed by atoms with Crippen molar-refractivity contribution in [1.29, 1.82) is 0 Å². The largest absolute Gasteiger partial charge is 0.339 e. The van der Waals surface area contributed by atoms with E-state index in [-0.39, 0.29) is 0 Å². The number of nitrogens with zero attached hydrogens (tertiary/aromatic N) is 4. The number of hydrogen-bond acceptors (Lipinski definition) is 6. The fraction of sp³-hybridized carbons (Fsp3) is 0.647. The Kier molecular flexibility index (Phi) is 5.80. The molecule has 1 aliphatic rings. The molecule has 0 bridgehead atoms. The second kappa shape index (κ2) is 8.04. The third-order valence-electron chi connectivity index (χ3n) is 4.57. The summed E-state index contributed by atoms with van der Waals surface area (Å²) in [5.74, 6) is 1.56. The minimum absolute atomic E-state index is 0.626. The van der Waals surface area contributed by atoms with Crippen LogP contribution in [-0.4, -0.2) is 52.7 Å². The Balaban J connectivity index is 1.48. The van der Waals surface area contributed by atoms with Gasteiger partial charge in [0.15, 0.2) is 5.82 Å². The van der Waals surface area contributed by atoms with Crippen molar-refractivity contribution in [2.45, 2.75) is 45.2 Å². The van der Waals surface area contributed by atoms with Crippen LogP contribution < -0.4 is 0 Å². The lowest BCUT2D eigenvalue weighted by Crippen LogP contribution is -2.46. The Labute approximate surface area is 142 Å². The summed E-state index contributed by atoms with van der Waals surface area (Å²) >= 11 is 1.85. The van der Waals surface area contributed by atoms with Crippen LogP contribution in [0.25, 0.3) is 0 Å². The number of hydrogen-bond donors (Lipinski definition) is 0. The van der Waals surface area contributed by atoms with E-state index in [4.69, 9.17) is 4.52 Å². The van der Waals surface area contributed by atoms with Gasteiger partial charge in [0.05, 0.1) is 6.54 Å². The van der Waals surface area contributed by atoms with E-state index in [9.17, 15) is 0 Å². The molecule has 1 atom stereocenters. The number of rotatable bonds is 7. The van der Waals surface area contributed by atoms with E-state index < -0.39 is 0 Å². The van der Waals surface area contributed by atoms with Gasteiger partial charge >= 0.3 is 0 Å². The fourth-order valence-electron chi connectivity index (χ4n) is 3.16. The fourth-order valence-corrected chi connectivity index (χ4v) is 3.85. The number of piperidine rings is 1.